The minimum atomic E-state index is -0.686. The molecule has 0 radical (unpaired) electrons. The van der Waals surface area contributed by atoms with Crippen molar-refractivity contribution >= 4 is 23.5 Å². The molecule has 0 aromatic heterocycles. The van der Waals surface area contributed by atoms with Crippen LogP contribution in [0.1, 0.15) is 18.9 Å². The summed E-state index contributed by atoms with van der Waals surface area (Å²) in [6, 6.07) is 6.89. The van der Waals surface area contributed by atoms with Crippen LogP contribution in [0.4, 0.5) is 5.69 Å². The number of aliphatic imine (C=N–C) groups is 1. The summed E-state index contributed by atoms with van der Waals surface area (Å²) >= 11 is 0. The standard InChI is InChI=1S/C18H25N5O2/c1-3-22-8-10-23(11-9-22)18-20-15(12-16(24)21-18)17(25)19-14-6-4-13(2)5-7-14/h4-7,15H,3,8-12H2,1-2H3,(H,19,25)(H,20,21,24)/t15-/m0/s1. The normalized spacial score (nSPS) is 21.5. The molecule has 0 saturated carbocycles. The third-order valence-corrected chi connectivity index (χ3v) is 4.65. The molecule has 0 aliphatic carbocycles. The Morgan fingerprint density at radius 2 is 1.92 bits per heavy atom. The van der Waals surface area contributed by atoms with Gasteiger partial charge in [0, 0.05) is 31.9 Å². The quantitative estimate of drug-likeness (QED) is 0.852. The van der Waals surface area contributed by atoms with Crippen LogP contribution in [-0.2, 0) is 9.59 Å². The van der Waals surface area contributed by atoms with E-state index in [4.69, 9.17) is 0 Å². The number of hydrogen-bond donors (Lipinski definition) is 2. The molecule has 2 heterocycles. The summed E-state index contributed by atoms with van der Waals surface area (Å²) in [4.78, 5) is 33.4. The number of anilines is 1. The molecule has 0 bridgehead atoms. The number of likely N-dealkylation sites (N-methyl/N-ethyl adjacent to an activating group) is 1. The zero-order chi connectivity index (χ0) is 17.8. The highest BCUT2D eigenvalue weighted by Gasteiger charge is 2.30. The van der Waals surface area contributed by atoms with E-state index in [-0.39, 0.29) is 18.2 Å². The highest BCUT2D eigenvalue weighted by molar-refractivity contribution is 6.05. The Balaban J connectivity index is 1.67. The van der Waals surface area contributed by atoms with Gasteiger partial charge < -0.3 is 15.1 Å². The molecule has 0 spiro atoms. The van der Waals surface area contributed by atoms with E-state index in [2.05, 4.69) is 32.3 Å². The van der Waals surface area contributed by atoms with E-state index in [9.17, 15) is 9.59 Å². The van der Waals surface area contributed by atoms with Gasteiger partial charge in [0.1, 0.15) is 6.04 Å². The third-order valence-electron chi connectivity index (χ3n) is 4.65. The molecule has 2 N–H and O–H groups in total. The van der Waals surface area contributed by atoms with Gasteiger partial charge in [-0.25, -0.2) is 4.99 Å². The summed E-state index contributed by atoms with van der Waals surface area (Å²) < 4.78 is 0. The molecule has 25 heavy (non-hydrogen) atoms. The van der Waals surface area contributed by atoms with Crippen LogP contribution in [0.25, 0.3) is 0 Å². The van der Waals surface area contributed by atoms with Crippen LogP contribution in [0, 0.1) is 6.92 Å². The molecule has 0 unspecified atom stereocenters. The minimum Gasteiger partial charge on any atom is -0.340 e. The van der Waals surface area contributed by atoms with Crippen LogP contribution < -0.4 is 10.6 Å². The molecule has 1 aromatic carbocycles. The van der Waals surface area contributed by atoms with Gasteiger partial charge in [0.05, 0.1) is 6.42 Å². The van der Waals surface area contributed by atoms with Crippen molar-refractivity contribution in [2.75, 3.05) is 38.0 Å². The molecule has 7 heteroatoms. The average Bonchev–Trinajstić information content (AvgIpc) is 2.63. The average molecular weight is 343 g/mol. The number of carbonyl (C=O) groups excluding carboxylic acids is 2. The second-order valence-corrected chi connectivity index (χ2v) is 6.50. The largest absolute Gasteiger partial charge is 0.340 e. The Morgan fingerprint density at radius 1 is 1.24 bits per heavy atom. The van der Waals surface area contributed by atoms with Crippen molar-refractivity contribution in [1.82, 2.24) is 15.1 Å². The Bertz CT molecular complexity index is 663. The number of piperazine rings is 1. The highest BCUT2D eigenvalue weighted by atomic mass is 16.2. The fourth-order valence-corrected chi connectivity index (χ4v) is 3.03. The van der Waals surface area contributed by atoms with Crippen LogP contribution in [0.5, 0.6) is 0 Å². The van der Waals surface area contributed by atoms with E-state index in [1.165, 1.54) is 0 Å². The zero-order valence-corrected chi connectivity index (χ0v) is 14.8. The first-order chi connectivity index (χ1) is 12.0. The number of rotatable bonds is 3. The second-order valence-electron chi connectivity index (χ2n) is 6.50. The van der Waals surface area contributed by atoms with E-state index >= 15 is 0 Å². The summed E-state index contributed by atoms with van der Waals surface area (Å²) in [7, 11) is 0. The number of aryl methyl sites for hydroxylation is 1. The van der Waals surface area contributed by atoms with Gasteiger partial charge in [0.15, 0.2) is 0 Å². The minimum absolute atomic E-state index is 0.0795. The lowest BCUT2D eigenvalue weighted by molar-refractivity contribution is -0.125. The van der Waals surface area contributed by atoms with Crippen LogP contribution in [0.3, 0.4) is 0 Å². The maximum atomic E-state index is 12.5. The molecular weight excluding hydrogens is 318 g/mol. The van der Waals surface area contributed by atoms with Crippen molar-refractivity contribution in [1.29, 1.82) is 0 Å². The van der Waals surface area contributed by atoms with Gasteiger partial charge in [-0.2, -0.15) is 0 Å². The van der Waals surface area contributed by atoms with Gasteiger partial charge in [-0.15, -0.1) is 0 Å². The molecular formula is C18H25N5O2. The van der Waals surface area contributed by atoms with Crippen molar-refractivity contribution in [3.8, 4) is 0 Å². The summed E-state index contributed by atoms with van der Waals surface area (Å²) in [5, 5.41) is 5.66. The second kappa shape index (κ2) is 7.65. The van der Waals surface area contributed by atoms with Crippen LogP contribution in [-0.4, -0.2) is 66.3 Å². The van der Waals surface area contributed by atoms with Gasteiger partial charge in [-0.05, 0) is 25.6 Å². The summed E-state index contributed by atoms with van der Waals surface area (Å²) in [6.07, 6.45) is 0.0795. The first kappa shape index (κ1) is 17.4. The number of amides is 2. The maximum Gasteiger partial charge on any atom is 0.249 e. The topological polar surface area (TPSA) is 77.0 Å². The number of nitrogens with one attached hydrogen (secondary N) is 2. The lowest BCUT2D eigenvalue weighted by atomic mass is 10.1. The molecule has 1 aromatic rings. The number of guanidine groups is 1. The molecule has 2 aliphatic heterocycles. The Morgan fingerprint density at radius 3 is 2.56 bits per heavy atom. The van der Waals surface area contributed by atoms with Gasteiger partial charge >= 0.3 is 0 Å². The van der Waals surface area contributed by atoms with E-state index in [0.29, 0.717) is 5.96 Å². The van der Waals surface area contributed by atoms with Crippen molar-refractivity contribution < 1.29 is 9.59 Å². The Hall–Kier alpha value is -2.41. The summed E-state index contributed by atoms with van der Waals surface area (Å²) in [6.45, 7) is 8.64. The fourth-order valence-electron chi connectivity index (χ4n) is 3.03. The van der Waals surface area contributed by atoms with Crippen molar-refractivity contribution in [3.05, 3.63) is 29.8 Å². The molecule has 134 valence electrons. The number of nitrogens with zero attached hydrogens (tertiary/aromatic N) is 3. The number of hydrogen-bond acceptors (Lipinski definition) is 5. The maximum absolute atomic E-state index is 12.5. The Kier molecular flexibility index (Phi) is 5.33. The van der Waals surface area contributed by atoms with Gasteiger partial charge in [-0.1, -0.05) is 24.6 Å². The smallest absolute Gasteiger partial charge is 0.249 e. The Labute approximate surface area is 148 Å². The molecule has 1 atom stereocenters. The molecule has 3 rings (SSSR count). The van der Waals surface area contributed by atoms with Crippen molar-refractivity contribution in [2.45, 2.75) is 26.3 Å². The van der Waals surface area contributed by atoms with E-state index in [0.717, 1.165) is 44.0 Å². The number of benzene rings is 1. The third kappa shape index (κ3) is 4.36. The van der Waals surface area contributed by atoms with Gasteiger partial charge in [0.2, 0.25) is 17.8 Å². The van der Waals surface area contributed by atoms with E-state index < -0.39 is 6.04 Å². The molecule has 1 fully saturated rings. The highest BCUT2D eigenvalue weighted by Crippen LogP contribution is 2.13. The van der Waals surface area contributed by atoms with Crippen LogP contribution in [0.2, 0.25) is 0 Å². The van der Waals surface area contributed by atoms with Crippen LogP contribution in [0.15, 0.2) is 29.3 Å². The lowest BCUT2D eigenvalue weighted by Crippen LogP contribution is -2.56. The van der Waals surface area contributed by atoms with Crippen LogP contribution >= 0.6 is 0 Å². The first-order valence-electron chi connectivity index (χ1n) is 8.77. The predicted molar refractivity (Wildman–Crippen MR) is 97.5 cm³/mol. The first-order valence-corrected chi connectivity index (χ1v) is 8.77. The summed E-state index contributed by atoms with van der Waals surface area (Å²) in [5.74, 6) is 0.117. The van der Waals surface area contributed by atoms with Gasteiger partial charge in [0.25, 0.3) is 0 Å². The lowest BCUT2D eigenvalue weighted by Gasteiger charge is -2.37. The molecule has 2 aliphatic rings. The predicted octanol–water partition coefficient (Wildman–Crippen LogP) is 0.816. The molecule has 7 nitrogen and oxygen atoms in total. The summed E-state index contributed by atoms with van der Waals surface area (Å²) in [5.41, 5.74) is 1.84. The van der Waals surface area contributed by atoms with E-state index in [1.807, 2.05) is 31.2 Å². The zero-order valence-electron chi connectivity index (χ0n) is 14.8. The van der Waals surface area contributed by atoms with E-state index in [1.54, 1.807) is 0 Å². The fraction of sp³-hybridized carbons (Fsp3) is 0.500. The van der Waals surface area contributed by atoms with Crippen molar-refractivity contribution in [3.63, 3.8) is 0 Å². The monoisotopic (exact) mass is 343 g/mol. The molecule has 2 amide bonds. The number of carbonyl (C=O) groups is 2. The SMILES string of the molecule is CCN1CCN(C2=N[C@H](C(=O)Nc3ccc(C)cc3)CC(=O)N2)CC1. The van der Waals surface area contributed by atoms with Crippen molar-refractivity contribution in [2.24, 2.45) is 4.99 Å². The molecule has 1 saturated heterocycles. The van der Waals surface area contributed by atoms with Gasteiger partial charge in [-0.3, -0.25) is 14.9 Å².